The van der Waals surface area contributed by atoms with Crippen LogP contribution in [0.4, 0.5) is 0 Å². The lowest BCUT2D eigenvalue weighted by Gasteiger charge is -2.35. The van der Waals surface area contributed by atoms with Crippen LogP contribution in [0.2, 0.25) is 0 Å². The monoisotopic (exact) mass is 261 g/mol. The van der Waals surface area contributed by atoms with Gasteiger partial charge in [-0.1, -0.05) is 31.2 Å². The summed E-state index contributed by atoms with van der Waals surface area (Å²) in [7, 11) is 0. The van der Waals surface area contributed by atoms with Crippen LogP contribution in [0.1, 0.15) is 49.8 Å². The SMILES string of the molecule is CC1SCCCC1NC1CCCc2ccccc21. The third-order valence-electron chi connectivity index (χ3n) is 4.39. The van der Waals surface area contributed by atoms with E-state index in [4.69, 9.17) is 0 Å². The van der Waals surface area contributed by atoms with Gasteiger partial charge in [-0.15, -0.1) is 0 Å². The first kappa shape index (κ1) is 12.6. The molecule has 1 nitrogen and oxygen atoms in total. The van der Waals surface area contributed by atoms with Gasteiger partial charge in [0.25, 0.3) is 0 Å². The summed E-state index contributed by atoms with van der Waals surface area (Å²) in [6.07, 6.45) is 6.64. The summed E-state index contributed by atoms with van der Waals surface area (Å²) in [5.74, 6) is 1.35. The fraction of sp³-hybridized carbons (Fsp3) is 0.625. The molecule has 0 radical (unpaired) electrons. The minimum Gasteiger partial charge on any atom is -0.306 e. The summed E-state index contributed by atoms with van der Waals surface area (Å²) in [5, 5.41) is 4.71. The molecule has 1 saturated heterocycles. The second kappa shape index (κ2) is 5.66. The van der Waals surface area contributed by atoms with E-state index in [2.05, 4.69) is 48.3 Å². The van der Waals surface area contributed by atoms with Gasteiger partial charge in [0.1, 0.15) is 0 Å². The molecule has 1 aliphatic carbocycles. The Labute approximate surface area is 115 Å². The summed E-state index contributed by atoms with van der Waals surface area (Å²) in [5.41, 5.74) is 3.13. The molecule has 3 atom stereocenters. The van der Waals surface area contributed by atoms with E-state index < -0.39 is 0 Å². The zero-order valence-electron chi connectivity index (χ0n) is 11.2. The third kappa shape index (κ3) is 2.60. The van der Waals surface area contributed by atoms with E-state index in [-0.39, 0.29) is 0 Å². The Morgan fingerprint density at radius 3 is 2.94 bits per heavy atom. The van der Waals surface area contributed by atoms with Gasteiger partial charge >= 0.3 is 0 Å². The Kier molecular flexibility index (Phi) is 3.95. The number of nitrogens with one attached hydrogen (secondary N) is 1. The molecule has 0 saturated carbocycles. The van der Waals surface area contributed by atoms with Crippen LogP contribution in [0.15, 0.2) is 24.3 Å². The molecule has 2 aliphatic rings. The number of aryl methyl sites for hydroxylation is 1. The summed E-state index contributed by atoms with van der Waals surface area (Å²) in [6, 6.07) is 10.3. The number of fused-ring (bicyclic) bond motifs is 1. The number of rotatable bonds is 2. The number of thioether (sulfide) groups is 1. The highest BCUT2D eigenvalue weighted by Crippen LogP contribution is 2.33. The van der Waals surface area contributed by atoms with Crippen molar-refractivity contribution in [3.8, 4) is 0 Å². The predicted octanol–water partition coefficient (Wildman–Crippen LogP) is 3.94. The molecule has 0 bridgehead atoms. The Hall–Kier alpha value is -0.470. The van der Waals surface area contributed by atoms with Crippen molar-refractivity contribution in [3.63, 3.8) is 0 Å². The van der Waals surface area contributed by atoms with Crippen molar-refractivity contribution in [2.24, 2.45) is 0 Å². The van der Waals surface area contributed by atoms with Crippen LogP contribution in [0, 0.1) is 0 Å². The fourth-order valence-corrected chi connectivity index (χ4v) is 4.48. The van der Waals surface area contributed by atoms with Crippen molar-refractivity contribution < 1.29 is 0 Å². The van der Waals surface area contributed by atoms with Gasteiger partial charge in [-0.05, 0) is 49.0 Å². The second-order valence-corrected chi connectivity index (χ2v) is 7.12. The van der Waals surface area contributed by atoms with Gasteiger partial charge in [-0.2, -0.15) is 11.8 Å². The fourth-order valence-electron chi connectivity index (χ4n) is 3.33. The summed E-state index contributed by atoms with van der Waals surface area (Å²) >= 11 is 2.13. The van der Waals surface area contributed by atoms with Crippen molar-refractivity contribution >= 4 is 11.8 Å². The molecule has 98 valence electrons. The Morgan fingerprint density at radius 2 is 2.06 bits per heavy atom. The van der Waals surface area contributed by atoms with E-state index in [1.165, 1.54) is 37.9 Å². The van der Waals surface area contributed by atoms with Crippen molar-refractivity contribution in [2.75, 3.05) is 5.75 Å². The van der Waals surface area contributed by atoms with E-state index >= 15 is 0 Å². The highest BCUT2D eigenvalue weighted by Gasteiger charge is 2.27. The van der Waals surface area contributed by atoms with Crippen LogP contribution in [0.25, 0.3) is 0 Å². The molecule has 0 aromatic heterocycles. The molecule has 1 aromatic rings. The molecule has 1 N–H and O–H groups in total. The van der Waals surface area contributed by atoms with Crippen LogP contribution in [0.5, 0.6) is 0 Å². The average Bonchev–Trinajstić information content (AvgIpc) is 2.42. The molecule has 1 heterocycles. The van der Waals surface area contributed by atoms with Crippen LogP contribution in [-0.4, -0.2) is 17.0 Å². The van der Waals surface area contributed by atoms with E-state index in [1.54, 1.807) is 11.1 Å². The number of hydrogen-bond donors (Lipinski definition) is 1. The van der Waals surface area contributed by atoms with Crippen LogP contribution in [0.3, 0.4) is 0 Å². The maximum atomic E-state index is 3.94. The van der Waals surface area contributed by atoms with Gasteiger partial charge in [0.15, 0.2) is 0 Å². The standard InChI is InChI=1S/C16H23NS/c1-12-15(10-5-11-18-12)17-16-9-4-7-13-6-2-3-8-14(13)16/h2-3,6,8,12,15-17H,4-5,7,9-11H2,1H3. The maximum Gasteiger partial charge on any atom is 0.0325 e. The van der Waals surface area contributed by atoms with Gasteiger partial charge < -0.3 is 5.32 Å². The van der Waals surface area contributed by atoms with Crippen LogP contribution >= 0.6 is 11.8 Å². The first-order chi connectivity index (χ1) is 8.84. The summed E-state index contributed by atoms with van der Waals surface area (Å²) in [4.78, 5) is 0. The van der Waals surface area contributed by atoms with Crippen molar-refractivity contribution in [3.05, 3.63) is 35.4 Å². The van der Waals surface area contributed by atoms with Gasteiger partial charge in [0.05, 0.1) is 0 Å². The molecule has 18 heavy (non-hydrogen) atoms. The molecule has 2 heteroatoms. The highest BCUT2D eigenvalue weighted by atomic mass is 32.2. The van der Waals surface area contributed by atoms with Crippen LogP contribution < -0.4 is 5.32 Å². The highest BCUT2D eigenvalue weighted by molar-refractivity contribution is 7.99. The number of hydrogen-bond acceptors (Lipinski definition) is 2. The maximum absolute atomic E-state index is 3.94. The van der Waals surface area contributed by atoms with Crippen molar-refractivity contribution in [1.82, 2.24) is 5.32 Å². The largest absolute Gasteiger partial charge is 0.306 e. The summed E-state index contributed by atoms with van der Waals surface area (Å²) < 4.78 is 0. The molecular formula is C16H23NS. The zero-order chi connectivity index (χ0) is 12.4. The van der Waals surface area contributed by atoms with Gasteiger partial charge in [0.2, 0.25) is 0 Å². The minimum atomic E-state index is 0.598. The third-order valence-corrected chi connectivity index (χ3v) is 5.77. The quantitative estimate of drug-likeness (QED) is 0.865. The van der Waals surface area contributed by atoms with Gasteiger partial charge in [0, 0.05) is 17.3 Å². The molecule has 0 amide bonds. The zero-order valence-corrected chi connectivity index (χ0v) is 12.0. The lowest BCUT2D eigenvalue weighted by Crippen LogP contribution is -2.42. The van der Waals surface area contributed by atoms with Crippen molar-refractivity contribution in [2.45, 2.75) is 56.4 Å². The first-order valence-corrected chi connectivity index (χ1v) is 8.35. The Balaban J connectivity index is 1.73. The average molecular weight is 261 g/mol. The van der Waals surface area contributed by atoms with E-state index in [1.807, 2.05) is 0 Å². The van der Waals surface area contributed by atoms with Crippen LogP contribution in [-0.2, 0) is 6.42 Å². The van der Waals surface area contributed by atoms with Crippen molar-refractivity contribution in [1.29, 1.82) is 0 Å². The molecule has 0 spiro atoms. The molecule has 1 aliphatic heterocycles. The first-order valence-electron chi connectivity index (χ1n) is 7.30. The predicted molar refractivity (Wildman–Crippen MR) is 80.2 cm³/mol. The summed E-state index contributed by atoms with van der Waals surface area (Å²) in [6.45, 7) is 2.39. The normalized spacial score (nSPS) is 31.9. The topological polar surface area (TPSA) is 12.0 Å². The van der Waals surface area contributed by atoms with Gasteiger partial charge in [-0.25, -0.2) is 0 Å². The smallest absolute Gasteiger partial charge is 0.0325 e. The lowest BCUT2D eigenvalue weighted by molar-refractivity contribution is 0.370. The minimum absolute atomic E-state index is 0.598. The number of benzene rings is 1. The second-order valence-electron chi connectivity index (χ2n) is 5.63. The molecule has 1 fully saturated rings. The molecule has 1 aromatic carbocycles. The molecular weight excluding hydrogens is 238 g/mol. The lowest BCUT2D eigenvalue weighted by atomic mass is 9.87. The molecule has 3 rings (SSSR count). The van der Waals surface area contributed by atoms with Gasteiger partial charge in [-0.3, -0.25) is 0 Å². The Morgan fingerprint density at radius 1 is 1.17 bits per heavy atom. The molecule has 3 unspecified atom stereocenters. The van der Waals surface area contributed by atoms with E-state index in [9.17, 15) is 0 Å². The van der Waals surface area contributed by atoms with E-state index in [0.717, 1.165) is 5.25 Å². The Bertz CT molecular complexity index is 404. The van der Waals surface area contributed by atoms with E-state index in [0.29, 0.717) is 12.1 Å².